The van der Waals surface area contributed by atoms with Crippen LogP contribution in [0.5, 0.6) is 11.5 Å². The lowest BCUT2D eigenvalue weighted by molar-refractivity contribution is 0.199. The van der Waals surface area contributed by atoms with Crippen molar-refractivity contribution in [3.8, 4) is 11.5 Å². The third-order valence-corrected chi connectivity index (χ3v) is 9.88. The second-order valence-corrected chi connectivity index (χ2v) is 13.0. The lowest BCUT2D eigenvalue weighted by atomic mass is 9.99. The average Bonchev–Trinajstić information content (AvgIpc) is 3.46. The Bertz CT molecular complexity index is 1180. The highest BCUT2D eigenvalue weighted by Crippen LogP contribution is 2.46. The normalized spacial score (nSPS) is 13.6. The van der Waals surface area contributed by atoms with Crippen LogP contribution in [0.25, 0.3) is 30.9 Å². The van der Waals surface area contributed by atoms with E-state index in [2.05, 4.69) is 65.8 Å². The number of hydrogen-bond donors (Lipinski definition) is 0. The van der Waals surface area contributed by atoms with Gasteiger partial charge in [0.15, 0.2) is 11.5 Å². The van der Waals surface area contributed by atoms with Gasteiger partial charge in [0.05, 0.1) is 22.6 Å². The minimum absolute atomic E-state index is 0.590. The van der Waals surface area contributed by atoms with Crippen molar-refractivity contribution < 1.29 is 9.47 Å². The molecule has 4 aromatic rings. The molecule has 4 rings (SSSR count). The summed E-state index contributed by atoms with van der Waals surface area (Å²) in [5, 5.41) is 5.29. The van der Waals surface area contributed by atoms with Crippen molar-refractivity contribution in [2.75, 3.05) is 13.2 Å². The van der Waals surface area contributed by atoms with Crippen molar-refractivity contribution in [3.05, 3.63) is 34.0 Å². The zero-order chi connectivity index (χ0) is 25.7. The predicted octanol–water partition coefficient (Wildman–Crippen LogP) is 11.1. The van der Waals surface area contributed by atoms with E-state index in [0.29, 0.717) is 11.8 Å². The van der Waals surface area contributed by atoms with Gasteiger partial charge in [0.1, 0.15) is 0 Å². The van der Waals surface area contributed by atoms with Crippen molar-refractivity contribution in [1.82, 2.24) is 0 Å². The molecule has 196 valence electrons. The van der Waals surface area contributed by atoms with Crippen LogP contribution < -0.4 is 9.47 Å². The minimum Gasteiger partial charge on any atom is -0.489 e. The van der Waals surface area contributed by atoms with Crippen molar-refractivity contribution in [3.63, 3.8) is 0 Å². The summed E-state index contributed by atoms with van der Waals surface area (Å²) < 4.78 is 16.0. The van der Waals surface area contributed by atoms with Gasteiger partial charge in [0.2, 0.25) is 0 Å². The van der Waals surface area contributed by atoms with Crippen LogP contribution in [0.1, 0.15) is 88.8 Å². The Morgan fingerprint density at radius 2 is 1.03 bits per heavy atom. The smallest absolute Gasteiger partial charge is 0.161 e. The maximum Gasteiger partial charge on any atom is 0.161 e. The van der Waals surface area contributed by atoms with E-state index in [1.807, 2.05) is 22.7 Å². The Kier molecular flexibility index (Phi) is 9.58. The molecule has 0 fully saturated rings. The number of aryl methyl sites for hydroxylation is 2. The SMILES string of the molecule is CCCCC(CC)COc1cc2c(cc1OCC(CC)CCCC)c1cc(C)sc1c1sc(C)cc21. The fourth-order valence-electron chi connectivity index (χ4n) is 5.21. The largest absolute Gasteiger partial charge is 0.489 e. The molecule has 2 atom stereocenters. The number of rotatable bonds is 14. The van der Waals surface area contributed by atoms with E-state index in [1.165, 1.54) is 79.2 Å². The standard InChI is InChI=1S/C32H44O2S2/c1-7-11-13-23(9-3)19-33-29-17-25-26(18-30(29)34-20-24(10-4)14-12-8-2)28-16-22(6)36-32(28)31-27(25)15-21(5)35-31/h15-18,23-24H,7-14,19-20H2,1-6H3. The summed E-state index contributed by atoms with van der Waals surface area (Å²) in [5.41, 5.74) is 0. The first-order valence-electron chi connectivity index (χ1n) is 14.1. The molecular weight excluding hydrogens is 480 g/mol. The maximum atomic E-state index is 6.60. The lowest BCUT2D eigenvalue weighted by Crippen LogP contribution is -2.14. The molecule has 4 heteroatoms. The zero-order valence-electron chi connectivity index (χ0n) is 23.2. The van der Waals surface area contributed by atoms with Crippen molar-refractivity contribution in [2.24, 2.45) is 11.8 Å². The molecule has 2 aromatic heterocycles. The van der Waals surface area contributed by atoms with Crippen LogP contribution in [-0.2, 0) is 0 Å². The van der Waals surface area contributed by atoms with Crippen molar-refractivity contribution in [2.45, 2.75) is 92.9 Å². The average molecular weight is 525 g/mol. The number of fused-ring (bicyclic) bond motifs is 6. The summed E-state index contributed by atoms with van der Waals surface area (Å²) >= 11 is 3.83. The highest BCUT2D eigenvalue weighted by atomic mass is 32.1. The quantitative estimate of drug-likeness (QED) is 0.163. The van der Waals surface area contributed by atoms with Gasteiger partial charge in [-0.3, -0.25) is 0 Å². The molecule has 2 unspecified atom stereocenters. The third-order valence-electron chi connectivity index (χ3n) is 7.62. The molecule has 0 saturated heterocycles. The predicted molar refractivity (Wildman–Crippen MR) is 162 cm³/mol. The van der Waals surface area contributed by atoms with E-state index >= 15 is 0 Å². The molecular formula is C32H44O2S2. The molecule has 0 amide bonds. The minimum atomic E-state index is 0.590. The number of benzene rings is 2. The molecule has 0 saturated carbocycles. The summed E-state index contributed by atoms with van der Waals surface area (Å²) in [6.07, 6.45) is 9.78. The van der Waals surface area contributed by atoms with Crippen molar-refractivity contribution in [1.29, 1.82) is 0 Å². The van der Waals surface area contributed by atoms with Crippen LogP contribution in [0.2, 0.25) is 0 Å². The summed E-state index contributed by atoms with van der Waals surface area (Å²) in [5.74, 6) is 3.01. The van der Waals surface area contributed by atoms with Crippen LogP contribution in [0.3, 0.4) is 0 Å². The van der Waals surface area contributed by atoms with Gasteiger partial charge in [-0.25, -0.2) is 0 Å². The van der Waals surface area contributed by atoms with E-state index < -0.39 is 0 Å². The van der Waals surface area contributed by atoms with Gasteiger partial charge in [-0.1, -0.05) is 66.2 Å². The topological polar surface area (TPSA) is 18.5 Å². The van der Waals surface area contributed by atoms with Crippen LogP contribution in [-0.4, -0.2) is 13.2 Å². The van der Waals surface area contributed by atoms with E-state index in [-0.39, 0.29) is 0 Å². The first-order chi connectivity index (χ1) is 17.5. The Balaban J connectivity index is 1.78. The molecule has 0 aliphatic rings. The van der Waals surface area contributed by atoms with Gasteiger partial charge in [0.25, 0.3) is 0 Å². The first-order valence-corrected chi connectivity index (χ1v) is 15.8. The molecule has 0 radical (unpaired) electrons. The van der Waals surface area contributed by atoms with E-state index in [4.69, 9.17) is 9.47 Å². The van der Waals surface area contributed by atoms with Crippen LogP contribution in [0.4, 0.5) is 0 Å². The first kappa shape index (κ1) is 27.3. The molecule has 0 bridgehead atoms. The number of hydrogen-bond acceptors (Lipinski definition) is 4. The van der Waals surface area contributed by atoms with Crippen LogP contribution in [0.15, 0.2) is 24.3 Å². The maximum absolute atomic E-state index is 6.60. The third kappa shape index (κ3) is 6.02. The second-order valence-electron chi connectivity index (χ2n) is 10.5. The monoisotopic (exact) mass is 524 g/mol. The summed E-state index contributed by atoms with van der Waals surface area (Å²) in [6, 6.07) is 9.28. The summed E-state index contributed by atoms with van der Waals surface area (Å²) in [6.45, 7) is 15.1. The van der Waals surface area contributed by atoms with Gasteiger partial charge in [-0.15, -0.1) is 22.7 Å². The van der Waals surface area contributed by atoms with Gasteiger partial charge in [-0.2, -0.15) is 0 Å². The fraction of sp³-hybridized carbons (Fsp3) is 0.562. The Morgan fingerprint density at radius 1 is 0.611 bits per heavy atom. The summed E-state index contributed by atoms with van der Waals surface area (Å²) in [7, 11) is 0. The van der Waals surface area contributed by atoms with Crippen LogP contribution in [0, 0.1) is 25.7 Å². The fourth-order valence-corrected chi connectivity index (χ4v) is 7.42. The Labute approximate surface area is 226 Å². The van der Waals surface area contributed by atoms with Gasteiger partial charge in [-0.05, 0) is 73.6 Å². The van der Waals surface area contributed by atoms with E-state index in [1.54, 1.807) is 0 Å². The van der Waals surface area contributed by atoms with E-state index in [9.17, 15) is 0 Å². The number of thiophene rings is 2. The number of unbranched alkanes of at least 4 members (excludes halogenated alkanes) is 2. The molecule has 0 aliphatic carbocycles. The molecule has 2 heterocycles. The molecule has 36 heavy (non-hydrogen) atoms. The van der Waals surface area contributed by atoms with Crippen LogP contribution >= 0.6 is 22.7 Å². The van der Waals surface area contributed by atoms with E-state index in [0.717, 1.165) is 37.6 Å². The zero-order valence-corrected chi connectivity index (χ0v) is 24.8. The highest BCUT2D eigenvalue weighted by molar-refractivity contribution is 7.27. The molecule has 0 aliphatic heterocycles. The Morgan fingerprint density at radius 3 is 1.39 bits per heavy atom. The Hall–Kier alpha value is -1.78. The highest BCUT2D eigenvalue weighted by Gasteiger charge is 2.19. The molecule has 2 nitrogen and oxygen atoms in total. The number of ether oxygens (including phenoxy) is 2. The molecule has 0 spiro atoms. The summed E-state index contributed by atoms with van der Waals surface area (Å²) in [4.78, 5) is 2.72. The van der Waals surface area contributed by atoms with Crippen molar-refractivity contribution >= 4 is 53.6 Å². The van der Waals surface area contributed by atoms with Gasteiger partial charge >= 0.3 is 0 Å². The molecule has 2 aromatic carbocycles. The van der Waals surface area contributed by atoms with Gasteiger partial charge < -0.3 is 9.47 Å². The second kappa shape index (κ2) is 12.6. The lowest BCUT2D eigenvalue weighted by Gasteiger charge is -2.21. The molecule has 0 N–H and O–H groups in total. The van der Waals surface area contributed by atoms with Gasteiger partial charge in [0, 0.05) is 20.5 Å².